The van der Waals surface area contributed by atoms with Gasteiger partial charge in [-0.2, -0.15) is 0 Å². The van der Waals surface area contributed by atoms with E-state index in [1.807, 2.05) is 30.3 Å². The molecule has 0 bridgehead atoms. The van der Waals surface area contributed by atoms with Gasteiger partial charge in [0.05, 0.1) is 6.61 Å². The number of carbonyl (C=O) groups excluding carboxylic acids is 2. The van der Waals surface area contributed by atoms with Gasteiger partial charge < -0.3 is 15.7 Å². The number of nitrogens with one attached hydrogen (secondary N) is 2. The van der Waals surface area contributed by atoms with Crippen molar-refractivity contribution in [1.82, 2.24) is 5.32 Å². The van der Waals surface area contributed by atoms with Crippen LogP contribution in [-0.4, -0.2) is 23.0 Å². The molecule has 0 aliphatic rings. The molecular weight excluding hydrogens is 292 g/mol. The van der Waals surface area contributed by atoms with Gasteiger partial charge in [0.15, 0.2) is 0 Å². The number of amides is 2. The fourth-order valence-electron chi connectivity index (χ4n) is 2.23. The van der Waals surface area contributed by atoms with E-state index in [1.54, 1.807) is 24.3 Å². The van der Waals surface area contributed by atoms with Gasteiger partial charge in [-0.1, -0.05) is 42.5 Å². The molecule has 0 spiro atoms. The van der Waals surface area contributed by atoms with Gasteiger partial charge in [-0.25, -0.2) is 0 Å². The normalized spacial score (nSPS) is 11.6. The zero-order valence-electron chi connectivity index (χ0n) is 13.0. The molecule has 5 nitrogen and oxygen atoms in total. The molecular formula is C18H20N2O3. The molecule has 3 N–H and O–H groups in total. The summed E-state index contributed by atoms with van der Waals surface area (Å²) in [4.78, 5) is 23.8. The molecule has 0 aliphatic carbocycles. The quantitative estimate of drug-likeness (QED) is 0.762. The van der Waals surface area contributed by atoms with Crippen molar-refractivity contribution in [3.8, 4) is 0 Å². The van der Waals surface area contributed by atoms with Crippen molar-refractivity contribution >= 4 is 17.5 Å². The minimum atomic E-state index is -0.646. The van der Waals surface area contributed by atoms with E-state index in [1.165, 1.54) is 6.92 Å². The summed E-state index contributed by atoms with van der Waals surface area (Å²) in [6, 6.07) is 15.8. The van der Waals surface area contributed by atoms with E-state index in [9.17, 15) is 9.59 Å². The van der Waals surface area contributed by atoms with Crippen LogP contribution in [0, 0.1) is 0 Å². The second-order valence-corrected chi connectivity index (χ2v) is 5.29. The molecule has 2 aromatic rings. The third kappa shape index (κ3) is 5.23. The van der Waals surface area contributed by atoms with Crippen LogP contribution >= 0.6 is 0 Å². The van der Waals surface area contributed by atoms with E-state index in [0.717, 1.165) is 11.1 Å². The Labute approximate surface area is 135 Å². The van der Waals surface area contributed by atoms with Crippen LogP contribution < -0.4 is 10.6 Å². The first-order valence-electron chi connectivity index (χ1n) is 7.40. The van der Waals surface area contributed by atoms with E-state index in [2.05, 4.69) is 10.6 Å². The number of hydrogen-bond donors (Lipinski definition) is 3. The van der Waals surface area contributed by atoms with Gasteiger partial charge in [0.25, 0.3) is 0 Å². The molecule has 0 saturated heterocycles. The highest BCUT2D eigenvalue weighted by molar-refractivity contribution is 5.97. The lowest BCUT2D eigenvalue weighted by Crippen LogP contribution is -2.44. The third-order valence-corrected chi connectivity index (χ3v) is 3.38. The SMILES string of the molecule is CC(=O)NC(Cc1ccccc1)C(=O)Nc1ccc(CO)cc1. The van der Waals surface area contributed by atoms with E-state index < -0.39 is 6.04 Å². The first-order chi connectivity index (χ1) is 11.1. The third-order valence-electron chi connectivity index (χ3n) is 3.38. The molecule has 1 atom stereocenters. The molecule has 23 heavy (non-hydrogen) atoms. The molecule has 1 unspecified atom stereocenters. The Morgan fingerprint density at radius 3 is 2.22 bits per heavy atom. The average molecular weight is 312 g/mol. The Bertz CT molecular complexity index is 654. The summed E-state index contributed by atoms with van der Waals surface area (Å²) in [5.41, 5.74) is 2.36. The van der Waals surface area contributed by atoms with Gasteiger partial charge in [0, 0.05) is 19.0 Å². The predicted molar refractivity (Wildman–Crippen MR) is 88.7 cm³/mol. The molecule has 0 fully saturated rings. The van der Waals surface area contributed by atoms with E-state index >= 15 is 0 Å². The molecule has 0 radical (unpaired) electrons. The molecule has 120 valence electrons. The van der Waals surface area contributed by atoms with Gasteiger partial charge in [-0.05, 0) is 23.3 Å². The lowest BCUT2D eigenvalue weighted by atomic mass is 10.0. The second-order valence-electron chi connectivity index (χ2n) is 5.29. The topological polar surface area (TPSA) is 78.4 Å². The van der Waals surface area contributed by atoms with Crippen molar-refractivity contribution in [1.29, 1.82) is 0 Å². The number of rotatable bonds is 6. The van der Waals surface area contributed by atoms with Crippen molar-refractivity contribution in [2.45, 2.75) is 26.0 Å². The summed E-state index contributed by atoms with van der Waals surface area (Å²) >= 11 is 0. The number of hydrogen-bond acceptors (Lipinski definition) is 3. The monoisotopic (exact) mass is 312 g/mol. The second kappa shape index (κ2) is 8.10. The van der Waals surface area contributed by atoms with E-state index in [-0.39, 0.29) is 18.4 Å². The van der Waals surface area contributed by atoms with Crippen LogP contribution in [0.25, 0.3) is 0 Å². The largest absolute Gasteiger partial charge is 0.392 e. The number of carbonyl (C=O) groups is 2. The lowest BCUT2D eigenvalue weighted by Gasteiger charge is -2.18. The van der Waals surface area contributed by atoms with Crippen molar-refractivity contribution < 1.29 is 14.7 Å². The van der Waals surface area contributed by atoms with Crippen molar-refractivity contribution in [3.05, 3.63) is 65.7 Å². The summed E-state index contributed by atoms with van der Waals surface area (Å²) in [6.45, 7) is 1.35. The number of anilines is 1. The van der Waals surface area contributed by atoms with E-state index in [0.29, 0.717) is 12.1 Å². The van der Waals surface area contributed by atoms with Crippen molar-refractivity contribution in [2.24, 2.45) is 0 Å². The molecule has 0 aromatic heterocycles. The molecule has 2 rings (SSSR count). The fraction of sp³-hybridized carbons (Fsp3) is 0.222. The van der Waals surface area contributed by atoms with Gasteiger partial charge in [-0.15, -0.1) is 0 Å². The smallest absolute Gasteiger partial charge is 0.247 e. The molecule has 0 saturated carbocycles. The molecule has 0 heterocycles. The van der Waals surface area contributed by atoms with Crippen molar-refractivity contribution in [2.75, 3.05) is 5.32 Å². The molecule has 5 heteroatoms. The highest BCUT2D eigenvalue weighted by Gasteiger charge is 2.20. The fourth-order valence-corrected chi connectivity index (χ4v) is 2.23. The standard InChI is InChI=1S/C18H20N2O3/c1-13(22)19-17(11-14-5-3-2-4-6-14)18(23)20-16-9-7-15(12-21)8-10-16/h2-10,17,21H,11-12H2,1H3,(H,19,22)(H,20,23). The minimum Gasteiger partial charge on any atom is -0.392 e. The van der Waals surface area contributed by atoms with Crippen LogP contribution in [0.5, 0.6) is 0 Å². The van der Waals surface area contributed by atoms with Crippen LogP contribution in [0.4, 0.5) is 5.69 Å². The van der Waals surface area contributed by atoms with E-state index in [4.69, 9.17) is 5.11 Å². The van der Waals surface area contributed by atoms with Gasteiger partial charge >= 0.3 is 0 Å². The average Bonchev–Trinajstić information content (AvgIpc) is 2.55. The Balaban J connectivity index is 2.07. The number of benzene rings is 2. The maximum Gasteiger partial charge on any atom is 0.247 e. The summed E-state index contributed by atoms with van der Waals surface area (Å²) in [5, 5.41) is 14.5. The highest BCUT2D eigenvalue weighted by Crippen LogP contribution is 2.11. The highest BCUT2D eigenvalue weighted by atomic mass is 16.3. The molecule has 0 aliphatic heterocycles. The van der Waals surface area contributed by atoms with Crippen LogP contribution in [0.3, 0.4) is 0 Å². The summed E-state index contributed by atoms with van der Waals surface area (Å²) in [6.07, 6.45) is 0.418. The minimum absolute atomic E-state index is 0.0449. The number of aliphatic hydroxyl groups excluding tert-OH is 1. The first-order valence-corrected chi connectivity index (χ1v) is 7.40. The van der Waals surface area contributed by atoms with Gasteiger partial charge in [0.2, 0.25) is 11.8 Å². The van der Waals surface area contributed by atoms with Gasteiger partial charge in [-0.3, -0.25) is 9.59 Å². The van der Waals surface area contributed by atoms with Gasteiger partial charge in [0.1, 0.15) is 6.04 Å². The Morgan fingerprint density at radius 2 is 1.65 bits per heavy atom. The zero-order chi connectivity index (χ0) is 16.7. The molecule has 2 aromatic carbocycles. The Hall–Kier alpha value is -2.66. The maximum absolute atomic E-state index is 12.4. The Morgan fingerprint density at radius 1 is 1.00 bits per heavy atom. The summed E-state index contributed by atoms with van der Waals surface area (Å²) in [7, 11) is 0. The summed E-state index contributed by atoms with van der Waals surface area (Å²) < 4.78 is 0. The van der Waals surface area contributed by atoms with Crippen LogP contribution in [0.2, 0.25) is 0 Å². The molecule has 2 amide bonds. The van der Waals surface area contributed by atoms with Crippen molar-refractivity contribution in [3.63, 3.8) is 0 Å². The maximum atomic E-state index is 12.4. The van der Waals surface area contributed by atoms with Crippen LogP contribution in [-0.2, 0) is 22.6 Å². The predicted octanol–water partition coefficient (Wildman–Crippen LogP) is 1.86. The lowest BCUT2D eigenvalue weighted by molar-refractivity contribution is -0.125. The summed E-state index contributed by atoms with van der Waals surface area (Å²) in [5.74, 6) is -0.530. The Kier molecular flexibility index (Phi) is 5.88. The first kappa shape index (κ1) is 16.7. The van der Waals surface area contributed by atoms with Crippen LogP contribution in [0.1, 0.15) is 18.1 Å². The zero-order valence-corrected chi connectivity index (χ0v) is 13.0. The van der Waals surface area contributed by atoms with Crippen LogP contribution in [0.15, 0.2) is 54.6 Å². The number of aliphatic hydroxyl groups is 1.